The minimum atomic E-state index is -1.09. The van der Waals surface area contributed by atoms with Gasteiger partial charge in [-0.25, -0.2) is 0 Å². The third-order valence-corrected chi connectivity index (χ3v) is 6.17. The lowest BCUT2D eigenvalue weighted by Crippen LogP contribution is -2.46. The molecule has 0 bridgehead atoms. The van der Waals surface area contributed by atoms with E-state index in [-0.39, 0.29) is 30.0 Å². The van der Waals surface area contributed by atoms with Gasteiger partial charge in [-0.05, 0) is 35.7 Å². The van der Waals surface area contributed by atoms with Gasteiger partial charge in [-0.15, -0.1) is 0 Å². The van der Waals surface area contributed by atoms with Crippen LogP contribution in [0.2, 0.25) is 0 Å². The fourth-order valence-corrected chi connectivity index (χ4v) is 4.41. The molecule has 5 rings (SSSR count). The highest BCUT2D eigenvalue weighted by molar-refractivity contribution is 6.00. The van der Waals surface area contributed by atoms with Crippen LogP contribution in [0.1, 0.15) is 35.0 Å². The number of carbonyl (C=O) groups excluding carboxylic acids is 2. The third-order valence-electron chi connectivity index (χ3n) is 6.17. The number of pyridine rings is 1. The van der Waals surface area contributed by atoms with Gasteiger partial charge >= 0.3 is 0 Å². The van der Waals surface area contributed by atoms with Gasteiger partial charge in [-0.3, -0.25) is 19.3 Å². The summed E-state index contributed by atoms with van der Waals surface area (Å²) in [5.41, 5.74) is 0.845. The molecule has 3 heterocycles. The third kappa shape index (κ3) is 3.62. The molecule has 1 fully saturated rings. The summed E-state index contributed by atoms with van der Waals surface area (Å²) in [5.74, 6) is 0.180. The van der Waals surface area contributed by atoms with Gasteiger partial charge in [0.1, 0.15) is 18.4 Å². The van der Waals surface area contributed by atoms with Crippen molar-refractivity contribution in [3.63, 3.8) is 0 Å². The fraction of sp³-hybridized carbons (Fsp3) is 0.292. The molecular weight excluding hydrogens is 410 g/mol. The molecule has 1 atom stereocenters. The maximum Gasteiger partial charge on any atom is 0.257 e. The van der Waals surface area contributed by atoms with Crippen LogP contribution in [0.25, 0.3) is 10.8 Å². The number of H-pyrrole nitrogens is 1. The summed E-state index contributed by atoms with van der Waals surface area (Å²) >= 11 is 0. The molecule has 164 valence electrons. The van der Waals surface area contributed by atoms with Crippen LogP contribution in [0.15, 0.2) is 59.5 Å². The van der Waals surface area contributed by atoms with Gasteiger partial charge in [-0.2, -0.15) is 0 Å². The number of hydrogen-bond donors (Lipinski definition) is 2. The highest BCUT2D eigenvalue weighted by atomic mass is 16.5. The number of nitrogens with one attached hydrogen (secondary N) is 1. The van der Waals surface area contributed by atoms with E-state index in [1.165, 1.54) is 4.90 Å². The Bertz CT molecular complexity index is 1250. The number of fused-ring (bicyclic) bond motifs is 2. The zero-order valence-electron chi connectivity index (χ0n) is 17.4. The number of ether oxygens (including phenoxy) is 1. The second-order valence-electron chi connectivity index (χ2n) is 8.15. The SMILES string of the molecule is O=C(CN1C(=O)c2ccccc2C1O)N1CCC(Oc2ccc3c(=O)[nH]ccc3c2)CC1. The minimum Gasteiger partial charge on any atom is -0.490 e. The Hall–Kier alpha value is -3.65. The van der Waals surface area contributed by atoms with E-state index in [9.17, 15) is 19.5 Å². The summed E-state index contributed by atoms with van der Waals surface area (Å²) in [6, 6.07) is 14.1. The number of aliphatic hydroxyl groups excluding tert-OH is 1. The molecule has 8 heteroatoms. The van der Waals surface area contributed by atoms with Gasteiger partial charge in [-0.1, -0.05) is 18.2 Å². The van der Waals surface area contributed by atoms with Crippen molar-refractivity contribution < 1.29 is 19.4 Å². The number of aromatic nitrogens is 1. The maximum atomic E-state index is 12.8. The largest absolute Gasteiger partial charge is 0.490 e. The highest BCUT2D eigenvalue weighted by Crippen LogP contribution is 2.31. The number of carbonyl (C=O) groups is 2. The number of rotatable bonds is 4. The van der Waals surface area contributed by atoms with Gasteiger partial charge in [0.05, 0.1) is 0 Å². The van der Waals surface area contributed by atoms with Crippen LogP contribution in [0, 0.1) is 0 Å². The number of amides is 2. The van der Waals surface area contributed by atoms with E-state index in [0.29, 0.717) is 48.2 Å². The number of piperidine rings is 1. The normalized spacial score (nSPS) is 18.8. The molecule has 2 aromatic carbocycles. The number of nitrogens with zero attached hydrogens (tertiary/aromatic N) is 2. The zero-order chi connectivity index (χ0) is 22.2. The van der Waals surface area contributed by atoms with Crippen molar-refractivity contribution in [1.29, 1.82) is 0 Å². The molecule has 0 radical (unpaired) electrons. The van der Waals surface area contributed by atoms with E-state index >= 15 is 0 Å². The summed E-state index contributed by atoms with van der Waals surface area (Å²) in [7, 11) is 0. The predicted octanol–water partition coefficient (Wildman–Crippen LogP) is 2.04. The molecule has 32 heavy (non-hydrogen) atoms. The second-order valence-corrected chi connectivity index (χ2v) is 8.15. The van der Waals surface area contributed by atoms with Crippen LogP contribution in [-0.4, -0.2) is 57.4 Å². The van der Waals surface area contributed by atoms with Crippen LogP contribution >= 0.6 is 0 Å². The van der Waals surface area contributed by atoms with Gasteiger partial charge in [0.15, 0.2) is 6.23 Å². The van der Waals surface area contributed by atoms with E-state index in [1.54, 1.807) is 47.5 Å². The van der Waals surface area contributed by atoms with Gasteiger partial charge in [0.25, 0.3) is 11.5 Å². The summed E-state index contributed by atoms with van der Waals surface area (Å²) in [4.78, 5) is 42.7. The molecule has 2 aliphatic heterocycles. The lowest BCUT2D eigenvalue weighted by Gasteiger charge is -2.33. The minimum absolute atomic E-state index is 0.0400. The number of aromatic amines is 1. The second kappa shape index (κ2) is 8.12. The van der Waals surface area contributed by atoms with Crippen LogP contribution in [-0.2, 0) is 4.79 Å². The Morgan fingerprint density at radius 1 is 1.09 bits per heavy atom. The number of hydrogen-bond acceptors (Lipinski definition) is 5. The van der Waals surface area contributed by atoms with Crippen LogP contribution in [0.4, 0.5) is 0 Å². The van der Waals surface area contributed by atoms with E-state index in [1.807, 2.05) is 12.1 Å². The molecule has 2 aliphatic rings. The molecule has 1 aromatic heterocycles. The van der Waals surface area contributed by atoms with Gasteiger partial charge < -0.3 is 19.7 Å². The summed E-state index contributed by atoms with van der Waals surface area (Å²) in [5, 5.41) is 11.9. The first-order chi connectivity index (χ1) is 15.5. The summed E-state index contributed by atoms with van der Waals surface area (Å²) in [6.45, 7) is 0.878. The fourth-order valence-electron chi connectivity index (χ4n) is 4.41. The molecule has 1 unspecified atom stereocenters. The molecule has 0 spiro atoms. The molecule has 2 amide bonds. The standard InChI is InChI=1S/C24H23N3O5/c28-21(14-27-23(30)19-3-1-2-4-20(19)24(27)31)26-11-8-16(9-12-26)32-17-5-6-18-15(13-17)7-10-25-22(18)29/h1-7,10,13,16,23,30H,8-9,11-12,14H2,(H,25,29). The topological polar surface area (TPSA) is 103 Å². The maximum absolute atomic E-state index is 12.8. The predicted molar refractivity (Wildman–Crippen MR) is 117 cm³/mol. The number of likely N-dealkylation sites (tertiary alicyclic amines) is 1. The smallest absolute Gasteiger partial charge is 0.257 e. The molecular formula is C24H23N3O5. The zero-order valence-corrected chi connectivity index (χ0v) is 17.4. The highest BCUT2D eigenvalue weighted by Gasteiger charge is 2.37. The molecule has 2 N–H and O–H groups in total. The molecule has 3 aromatic rings. The lowest BCUT2D eigenvalue weighted by atomic mass is 10.1. The van der Waals surface area contributed by atoms with Crippen molar-refractivity contribution >= 4 is 22.6 Å². The van der Waals surface area contributed by atoms with E-state index in [0.717, 1.165) is 5.39 Å². The average Bonchev–Trinajstić information content (AvgIpc) is 3.05. The first-order valence-electron chi connectivity index (χ1n) is 10.6. The van der Waals surface area contributed by atoms with Crippen molar-refractivity contribution in [3.8, 4) is 5.75 Å². The van der Waals surface area contributed by atoms with Crippen molar-refractivity contribution in [3.05, 3.63) is 76.2 Å². The average molecular weight is 433 g/mol. The van der Waals surface area contributed by atoms with Crippen molar-refractivity contribution in [2.24, 2.45) is 0 Å². The van der Waals surface area contributed by atoms with E-state index < -0.39 is 6.23 Å². The van der Waals surface area contributed by atoms with Crippen molar-refractivity contribution in [2.75, 3.05) is 19.6 Å². The number of aliphatic hydroxyl groups is 1. The Balaban J connectivity index is 1.18. The Labute approximate surface area is 184 Å². The van der Waals surface area contributed by atoms with Crippen molar-refractivity contribution in [2.45, 2.75) is 25.2 Å². The van der Waals surface area contributed by atoms with Gasteiger partial charge in [0.2, 0.25) is 5.91 Å². The molecule has 0 aliphatic carbocycles. The van der Waals surface area contributed by atoms with Crippen LogP contribution < -0.4 is 10.3 Å². The first kappa shape index (κ1) is 20.3. The van der Waals surface area contributed by atoms with Crippen LogP contribution in [0.3, 0.4) is 0 Å². The Morgan fingerprint density at radius 3 is 2.66 bits per heavy atom. The number of benzene rings is 2. The molecule has 0 saturated carbocycles. The summed E-state index contributed by atoms with van der Waals surface area (Å²) < 4.78 is 6.09. The van der Waals surface area contributed by atoms with E-state index in [2.05, 4.69) is 4.98 Å². The Morgan fingerprint density at radius 2 is 1.88 bits per heavy atom. The van der Waals surface area contributed by atoms with Crippen LogP contribution in [0.5, 0.6) is 5.75 Å². The molecule has 8 nitrogen and oxygen atoms in total. The van der Waals surface area contributed by atoms with E-state index in [4.69, 9.17) is 4.74 Å². The monoisotopic (exact) mass is 433 g/mol. The van der Waals surface area contributed by atoms with Gasteiger partial charge in [0, 0.05) is 48.6 Å². The quantitative estimate of drug-likeness (QED) is 0.656. The first-order valence-corrected chi connectivity index (χ1v) is 10.6. The summed E-state index contributed by atoms with van der Waals surface area (Å²) in [6.07, 6.45) is 1.80. The molecule has 1 saturated heterocycles. The Kier molecular flexibility index (Phi) is 5.14. The van der Waals surface area contributed by atoms with Crippen molar-refractivity contribution in [1.82, 2.24) is 14.8 Å². The lowest BCUT2D eigenvalue weighted by molar-refractivity contribution is -0.135.